The maximum absolute atomic E-state index is 13.4. The fourth-order valence-electron chi connectivity index (χ4n) is 4.22. The molecule has 9 heteroatoms. The van der Waals surface area contributed by atoms with Crippen molar-refractivity contribution in [1.29, 1.82) is 0 Å². The second-order valence-corrected chi connectivity index (χ2v) is 8.90. The van der Waals surface area contributed by atoms with Crippen LogP contribution in [0.5, 0.6) is 0 Å². The number of urea groups is 1. The van der Waals surface area contributed by atoms with Crippen LogP contribution in [-0.2, 0) is 11.3 Å². The van der Waals surface area contributed by atoms with Gasteiger partial charge in [0.2, 0.25) is 0 Å². The SMILES string of the molecule is CCC(CCO)N(CC(C)C)C(=O)c1ccc2c(c1)ncn2CCNC(=O)N1CCOCC1. The van der Waals surface area contributed by atoms with Gasteiger partial charge < -0.3 is 29.5 Å². The lowest BCUT2D eigenvalue weighted by atomic mass is 10.0. The summed E-state index contributed by atoms with van der Waals surface area (Å²) in [5.41, 5.74) is 2.27. The second-order valence-electron chi connectivity index (χ2n) is 8.90. The van der Waals surface area contributed by atoms with Crippen LogP contribution in [0.25, 0.3) is 11.0 Å². The molecule has 1 aromatic carbocycles. The molecular weight excluding hydrogens is 422 g/mol. The van der Waals surface area contributed by atoms with Crippen LogP contribution in [-0.4, -0.2) is 88.4 Å². The molecule has 1 aliphatic rings. The third-order valence-electron chi connectivity index (χ3n) is 5.99. The van der Waals surface area contributed by atoms with Crippen LogP contribution in [0.2, 0.25) is 0 Å². The minimum Gasteiger partial charge on any atom is -0.396 e. The van der Waals surface area contributed by atoms with Crippen molar-refractivity contribution in [2.45, 2.75) is 46.2 Å². The summed E-state index contributed by atoms with van der Waals surface area (Å²) in [7, 11) is 0. The summed E-state index contributed by atoms with van der Waals surface area (Å²) in [5.74, 6) is 0.301. The lowest BCUT2D eigenvalue weighted by molar-refractivity contribution is 0.0532. The summed E-state index contributed by atoms with van der Waals surface area (Å²) in [6.07, 6.45) is 3.11. The number of ether oxygens (including phenoxy) is 1. The van der Waals surface area contributed by atoms with Crippen molar-refractivity contribution in [2.75, 3.05) is 46.0 Å². The highest BCUT2D eigenvalue weighted by atomic mass is 16.5. The Morgan fingerprint density at radius 1 is 1.27 bits per heavy atom. The highest BCUT2D eigenvalue weighted by Gasteiger charge is 2.24. The topological polar surface area (TPSA) is 99.9 Å². The number of aliphatic hydroxyl groups excluding tert-OH is 1. The van der Waals surface area contributed by atoms with E-state index in [1.807, 2.05) is 34.6 Å². The summed E-state index contributed by atoms with van der Waals surface area (Å²) in [5, 5.41) is 12.4. The Labute approximate surface area is 195 Å². The first kappa shape index (κ1) is 25.0. The van der Waals surface area contributed by atoms with Gasteiger partial charge in [0, 0.05) is 50.9 Å². The van der Waals surface area contributed by atoms with E-state index in [-0.39, 0.29) is 24.6 Å². The van der Waals surface area contributed by atoms with Gasteiger partial charge in [-0.15, -0.1) is 0 Å². The second kappa shape index (κ2) is 12.0. The molecule has 0 saturated carbocycles. The van der Waals surface area contributed by atoms with E-state index in [9.17, 15) is 14.7 Å². The third kappa shape index (κ3) is 6.45. The van der Waals surface area contributed by atoms with Crippen molar-refractivity contribution >= 4 is 23.0 Å². The van der Waals surface area contributed by atoms with Crippen molar-refractivity contribution in [3.05, 3.63) is 30.1 Å². The first-order valence-corrected chi connectivity index (χ1v) is 11.9. The van der Waals surface area contributed by atoms with Crippen LogP contribution in [0.15, 0.2) is 24.5 Å². The van der Waals surface area contributed by atoms with Gasteiger partial charge in [-0.3, -0.25) is 4.79 Å². The number of amides is 3. The van der Waals surface area contributed by atoms with Crippen LogP contribution in [0.3, 0.4) is 0 Å². The Bertz CT molecular complexity index is 923. The molecule has 2 heterocycles. The molecule has 3 amide bonds. The molecule has 0 bridgehead atoms. The average molecular weight is 460 g/mol. The molecule has 9 nitrogen and oxygen atoms in total. The van der Waals surface area contributed by atoms with E-state index in [1.54, 1.807) is 11.2 Å². The van der Waals surface area contributed by atoms with Crippen molar-refractivity contribution in [2.24, 2.45) is 5.92 Å². The molecule has 1 fully saturated rings. The van der Waals surface area contributed by atoms with E-state index < -0.39 is 0 Å². The van der Waals surface area contributed by atoms with Gasteiger partial charge in [-0.25, -0.2) is 9.78 Å². The number of benzene rings is 1. The summed E-state index contributed by atoms with van der Waals surface area (Å²) < 4.78 is 7.26. The highest BCUT2D eigenvalue weighted by Crippen LogP contribution is 2.20. The molecule has 33 heavy (non-hydrogen) atoms. The summed E-state index contributed by atoms with van der Waals surface area (Å²) in [6.45, 7) is 10.4. The van der Waals surface area contributed by atoms with E-state index in [0.717, 1.165) is 17.5 Å². The van der Waals surface area contributed by atoms with Gasteiger partial charge in [0.15, 0.2) is 0 Å². The smallest absolute Gasteiger partial charge is 0.317 e. The minimum absolute atomic E-state index is 0.00762. The number of nitrogens with zero attached hydrogens (tertiary/aromatic N) is 4. The molecule has 182 valence electrons. The number of aliphatic hydroxyl groups is 1. The Kier molecular flexibility index (Phi) is 9.08. The predicted octanol–water partition coefficient (Wildman–Crippen LogP) is 2.34. The summed E-state index contributed by atoms with van der Waals surface area (Å²) in [4.78, 5) is 33.7. The molecule has 0 radical (unpaired) electrons. The molecule has 1 saturated heterocycles. The van der Waals surface area contributed by atoms with Gasteiger partial charge in [-0.05, 0) is 37.0 Å². The van der Waals surface area contributed by atoms with Crippen LogP contribution < -0.4 is 5.32 Å². The van der Waals surface area contributed by atoms with Crippen molar-refractivity contribution in [3.63, 3.8) is 0 Å². The predicted molar refractivity (Wildman–Crippen MR) is 127 cm³/mol. The van der Waals surface area contributed by atoms with Gasteiger partial charge in [-0.1, -0.05) is 20.8 Å². The molecule has 1 aliphatic heterocycles. The number of hydrogen-bond donors (Lipinski definition) is 2. The number of nitrogens with one attached hydrogen (secondary N) is 1. The third-order valence-corrected chi connectivity index (χ3v) is 5.99. The number of imidazole rings is 1. The molecule has 1 unspecified atom stereocenters. The van der Waals surface area contributed by atoms with E-state index in [4.69, 9.17) is 4.74 Å². The van der Waals surface area contributed by atoms with Crippen LogP contribution in [0.4, 0.5) is 4.79 Å². The van der Waals surface area contributed by atoms with Crippen molar-refractivity contribution in [3.8, 4) is 0 Å². The fourth-order valence-corrected chi connectivity index (χ4v) is 4.22. The average Bonchev–Trinajstić information content (AvgIpc) is 3.23. The van der Waals surface area contributed by atoms with E-state index in [0.29, 0.717) is 63.8 Å². The highest BCUT2D eigenvalue weighted by molar-refractivity contribution is 5.97. The number of fused-ring (bicyclic) bond motifs is 1. The molecule has 3 rings (SSSR count). The van der Waals surface area contributed by atoms with Crippen molar-refractivity contribution in [1.82, 2.24) is 24.7 Å². The number of morpholine rings is 1. The van der Waals surface area contributed by atoms with Gasteiger partial charge in [-0.2, -0.15) is 0 Å². The molecule has 2 aromatic rings. The van der Waals surface area contributed by atoms with Crippen LogP contribution >= 0.6 is 0 Å². The fraction of sp³-hybridized carbons (Fsp3) is 0.625. The largest absolute Gasteiger partial charge is 0.396 e. The minimum atomic E-state index is -0.0748. The number of carbonyl (C=O) groups excluding carboxylic acids is 2. The van der Waals surface area contributed by atoms with Gasteiger partial charge in [0.05, 0.1) is 30.6 Å². The number of carbonyl (C=O) groups is 2. The van der Waals surface area contributed by atoms with Crippen LogP contribution in [0, 0.1) is 5.92 Å². The molecule has 2 N–H and O–H groups in total. The molecule has 1 atom stereocenters. The number of hydrogen-bond acceptors (Lipinski definition) is 5. The van der Waals surface area contributed by atoms with Gasteiger partial charge in [0.25, 0.3) is 5.91 Å². The Morgan fingerprint density at radius 2 is 2.03 bits per heavy atom. The quantitative estimate of drug-likeness (QED) is 0.568. The van der Waals surface area contributed by atoms with Gasteiger partial charge in [0.1, 0.15) is 0 Å². The summed E-state index contributed by atoms with van der Waals surface area (Å²) >= 11 is 0. The monoisotopic (exact) mass is 459 g/mol. The van der Waals surface area contributed by atoms with E-state index >= 15 is 0 Å². The Hall–Kier alpha value is -2.65. The molecule has 1 aromatic heterocycles. The maximum Gasteiger partial charge on any atom is 0.317 e. The van der Waals surface area contributed by atoms with E-state index in [1.165, 1.54) is 0 Å². The number of rotatable bonds is 10. The van der Waals surface area contributed by atoms with Crippen molar-refractivity contribution < 1.29 is 19.4 Å². The maximum atomic E-state index is 13.4. The first-order chi connectivity index (χ1) is 15.9. The molecular formula is C24H37N5O4. The molecule has 0 spiro atoms. The Morgan fingerprint density at radius 3 is 2.70 bits per heavy atom. The first-order valence-electron chi connectivity index (χ1n) is 11.9. The number of aromatic nitrogens is 2. The lowest BCUT2D eigenvalue weighted by Crippen LogP contribution is -2.46. The zero-order chi connectivity index (χ0) is 23.8. The van der Waals surface area contributed by atoms with Crippen LogP contribution in [0.1, 0.15) is 44.0 Å². The normalized spacial score (nSPS) is 15.1. The zero-order valence-corrected chi connectivity index (χ0v) is 20.0. The summed E-state index contributed by atoms with van der Waals surface area (Å²) in [6, 6.07) is 5.52. The zero-order valence-electron chi connectivity index (χ0n) is 20.0. The van der Waals surface area contributed by atoms with Gasteiger partial charge >= 0.3 is 6.03 Å². The Balaban J connectivity index is 1.67. The lowest BCUT2D eigenvalue weighted by Gasteiger charge is -2.32. The van der Waals surface area contributed by atoms with E-state index in [2.05, 4.69) is 24.1 Å². The standard InChI is InChI=1S/C24H37N5O4/c1-4-20(7-12-30)29(16-18(2)3)23(31)19-5-6-22-21(15-19)26-17-28(22)9-8-25-24(32)27-10-13-33-14-11-27/h5-6,15,17-18,20,30H,4,7-14,16H2,1-3H3,(H,25,32). The molecule has 0 aliphatic carbocycles.